The summed E-state index contributed by atoms with van der Waals surface area (Å²) in [5.74, 6) is 0.473. The lowest BCUT2D eigenvalue weighted by molar-refractivity contribution is 0.104. The Morgan fingerprint density at radius 3 is 2.39 bits per heavy atom. The van der Waals surface area contributed by atoms with Crippen LogP contribution in [-0.2, 0) is 6.61 Å². The van der Waals surface area contributed by atoms with Gasteiger partial charge >= 0.3 is 0 Å². The molecule has 0 saturated heterocycles. The van der Waals surface area contributed by atoms with Gasteiger partial charge in [0.25, 0.3) is 0 Å². The summed E-state index contributed by atoms with van der Waals surface area (Å²) < 4.78 is 5.84. The van der Waals surface area contributed by atoms with Crippen LogP contribution in [-0.4, -0.2) is 16.6 Å². The Hall–Kier alpha value is -3.66. The van der Waals surface area contributed by atoms with E-state index in [0.717, 1.165) is 5.56 Å². The summed E-state index contributed by atoms with van der Waals surface area (Å²) >= 11 is 0. The number of aliphatic imine (C=N–C) groups is 1. The molecule has 28 heavy (non-hydrogen) atoms. The predicted octanol–water partition coefficient (Wildman–Crippen LogP) is 5.52. The number of rotatable bonds is 5. The van der Waals surface area contributed by atoms with Crippen LogP contribution >= 0.6 is 0 Å². The van der Waals surface area contributed by atoms with Crippen LogP contribution in [0.4, 0.5) is 5.69 Å². The molecule has 4 heteroatoms. The highest BCUT2D eigenvalue weighted by Gasteiger charge is 2.30. The van der Waals surface area contributed by atoms with Crippen LogP contribution < -0.4 is 4.74 Å². The number of hydrogen-bond acceptors (Lipinski definition) is 4. The molecule has 3 aromatic carbocycles. The van der Waals surface area contributed by atoms with Crippen LogP contribution in [0.2, 0.25) is 0 Å². The van der Waals surface area contributed by atoms with Crippen LogP contribution in [0.25, 0.3) is 5.76 Å². The lowest BCUT2D eigenvalue weighted by Gasteiger charge is -2.07. The molecule has 0 aliphatic heterocycles. The van der Waals surface area contributed by atoms with Crippen LogP contribution in [0.15, 0.2) is 89.4 Å². The molecule has 0 spiro atoms. The highest BCUT2D eigenvalue weighted by Crippen LogP contribution is 2.32. The minimum absolute atomic E-state index is 0.0154. The number of carbonyl (C=O) groups is 1. The van der Waals surface area contributed by atoms with Crippen molar-refractivity contribution in [1.29, 1.82) is 0 Å². The SMILES string of the molecule is CC(=Nc1cccc(OCc2ccccc2)c1)C1=C(O)c2ccccc2C1=O. The number of hydrogen-bond donors (Lipinski definition) is 1. The first-order valence-electron chi connectivity index (χ1n) is 9.03. The summed E-state index contributed by atoms with van der Waals surface area (Å²) in [6.07, 6.45) is 0. The Balaban J connectivity index is 1.56. The highest BCUT2D eigenvalue weighted by atomic mass is 16.5. The van der Waals surface area contributed by atoms with E-state index in [0.29, 0.717) is 34.9 Å². The summed E-state index contributed by atoms with van der Waals surface area (Å²) in [6, 6.07) is 24.3. The Morgan fingerprint density at radius 1 is 0.929 bits per heavy atom. The van der Waals surface area contributed by atoms with Crippen molar-refractivity contribution in [2.45, 2.75) is 13.5 Å². The zero-order valence-corrected chi connectivity index (χ0v) is 15.4. The zero-order chi connectivity index (χ0) is 19.5. The largest absolute Gasteiger partial charge is 0.506 e. The molecule has 0 radical (unpaired) electrons. The molecule has 4 rings (SSSR count). The third-order valence-corrected chi connectivity index (χ3v) is 4.62. The molecule has 3 aromatic rings. The second-order valence-corrected chi connectivity index (χ2v) is 6.57. The van der Waals surface area contributed by atoms with E-state index < -0.39 is 0 Å². The highest BCUT2D eigenvalue weighted by molar-refractivity contribution is 6.35. The molecule has 1 aliphatic carbocycles. The first-order valence-corrected chi connectivity index (χ1v) is 9.03. The summed E-state index contributed by atoms with van der Waals surface area (Å²) in [5, 5.41) is 10.5. The number of nitrogens with zero attached hydrogens (tertiary/aromatic N) is 1. The average Bonchev–Trinajstić information content (AvgIpc) is 2.98. The van der Waals surface area contributed by atoms with Crippen molar-refractivity contribution >= 4 is 22.9 Å². The van der Waals surface area contributed by atoms with Crippen LogP contribution in [0.1, 0.15) is 28.4 Å². The van der Waals surface area contributed by atoms with Crippen LogP contribution in [0.5, 0.6) is 5.75 Å². The van der Waals surface area contributed by atoms with Gasteiger partial charge in [0, 0.05) is 17.2 Å². The van der Waals surface area contributed by atoms with Crippen molar-refractivity contribution in [1.82, 2.24) is 0 Å². The molecule has 0 saturated carbocycles. The Kier molecular flexibility index (Phi) is 4.77. The molecule has 0 bridgehead atoms. The maximum Gasteiger partial charge on any atom is 0.199 e. The van der Waals surface area contributed by atoms with E-state index >= 15 is 0 Å². The number of carbonyl (C=O) groups excluding carboxylic acids is 1. The van der Waals surface area contributed by atoms with Gasteiger partial charge in [-0.05, 0) is 24.6 Å². The minimum Gasteiger partial charge on any atom is -0.506 e. The van der Waals surface area contributed by atoms with Gasteiger partial charge in [0.05, 0.1) is 17.0 Å². The standard InChI is InChI=1S/C24H19NO3/c1-16(22-23(26)20-12-5-6-13-21(20)24(22)27)25-18-10-7-11-19(14-18)28-15-17-8-3-2-4-9-17/h2-14,26H,15H2,1H3. The van der Waals surface area contributed by atoms with E-state index in [1.165, 1.54) is 0 Å². The zero-order valence-electron chi connectivity index (χ0n) is 15.4. The lowest BCUT2D eigenvalue weighted by Crippen LogP contribution is -2.07. The predicted molar refractivity (Wildman–Crippen MR) is 110 cm³/mol. The van der Waals surface area contributed by atoms with Crippen molar-refractivity contribution in [3.63, 3.8) is 0 Å². The number of fused-ring (bicyclic) bond motifs is 1. The van der Waals surface area contributed by atoms with E-state index in [9.17, 15) is 9.90 Å². The summed E-state index contributed by atoms with van der Waals surface area (Å²) in [6.45, 7) is 2.19. The number of ketones is 1. The fourth-order valence-corrected chi connectivity index (χ4v) is 3.23. The topological polar surface area (TPSA) is 58.9 Å². The number of allylic oxidation sites excluding steroid dienone is 1. The van der Waals surface area contributed by atoms with Gasteiger partial charge in [-0.3, -0.25) is 9.79 Å². The van der Waals surface area contributed by atoms with Crippen molar-refractivity contribution in [2.24, 2.45) is 4.99 Å². The molecule has 0 atom stereocenters. The van der Waals surface area contributed by atoms with Crippen LogP contribution in [0, 0.1) is 0 Å². The molecule has 1 N–H and O–H groups in total. The molecule has 0 fully saturated rings. The molecule has 4 nitrogen and oxygen atoms in total. The Labute approximate surface area is 163 Å². The van der Waals surface area contributed by atoms with Gasteiger partial charge in [0.1, 0.15) is 18.1 Å². The first-order chi connectivity index (χ1) is 13.6. The second kappa shape index (κ2) is 7.53. The molecular formula is C24H19NO3. The van der Waals surface area contributed by atoms with E-state index in [4.69, 9.17) is 4.74 Å². The fourth-order valence-electron chi connectivity index (χ4n) is 3.23. The van der Waals surface area contributed by atoms with Gasteiger partial charge in [-0.1, -0.05) is 60.7 Å². The molecule has 0 unspecified atom stereocenters. The van der Waals surface area contributed by atoms with Crippen molar-refractivity contribution in [3.8, 4) is 5.75 Å². The number of ether oxygens (including phenoxy) is 1. The molecule has 0 amide bonds. The molecule has 0 aromatic heterocycles. The normalized spacial score (nSPS) is 13.6. The van der Waals surface area contributed by atoms with Crippen molar-refractivity contribution in [2.75, 3.05) is 0 Å². The quantitative estimate of drug-likeness (QED) is 0.602. The van der Waals surface area contributed by atoms with Gasteiger partial charge in [-0.25, -0.2) is 0 Å². The Bertz CT molecular complexity index is 1100. The number of aliphatic hydroxyl groups is 1. The van der Waals surface area contributed by atoms with Gasteiger partial charge in [-0.15, -0.1) is 0 Å². The Morgan fingerprint density at radius 2 is 1.64 bits per heavy atom. The summed E-state index contributed by atoms with van der Waals surface area (Å²) in [5.41, 5.74) is 3.52. The summed E-state index contributed by atoms with van der Waals surface area (Å²) in [4.78, 5) is 17.2. The van der Waals surface area contributed by atoms with E-state index in [-0.39, 0.29) is 17.1 Å². The maximum atomic E-state index is 12.6. The average molecular weight is 369 g/mol. The van der Waals surface area contributed by atoms with Crippen molar-refractivity contribution < 1.29 is 14.6 Å². The monoisotopic (exact) mass is 369 g/mol. The number of benzene rings is 3. The maximum absolute atomic E-state index is 12.6. The molecule has 138 valence electrons. The minimum atomic E-state index is -0.203. The smallest absolute Gasteiger partial charge is 0.199 e. The van der Waals surface area contributed by atoms with Gasteiger partial charge in [0.15, 0.2) is 5.78 Å². The first kappa shape index (κ1) is 17.7. The van der Waals surface area contributed by atoms with Crippen molar-refractivity contribution in [3.05, 3.63) is 101 Å². The van der Waals surface area contributed by atoms with E-state index in [1.807, 2.05) is 54.6 Å². The van der Waals surface area contributed by atoms with E-state index in [2.05, 4.69) is 4.99 Å². The summed E-state index contributed by atoms with van der Waals surface area (Å²) in [7, 11) is 0. The molecular weight excluding hydrogens is 350 g/mol. The third kappa shape index (κ3) is 3.45. The van der Waals surface area contributed by atoms with Gasteiger partial charge in [0.2, 0.25) is 0 Å². The second-order valence-electron chi connectivity index (χ2n) is 6.57. The third-order valence-electron chi connectivity index (χ3n) is 4.62. The molecule has 1 aliphatic rings. The fraction of sp³-hybridized carbons (Fsp3) is 0.0833. The van der Waals surface area contributed by atoms with Crippen LogP contribution in [0.3, 0.4) is 0 Å². The lowest BCUT2D eigenvalue weighted by atomic mass is 10.1. The van der Waals surface area contributed by atoms with Gasteiger partial charge < -0.3 is 9.84 Å². The van der Waals surface area contributed by atoms with E-state index in [1.54, 1.807) is 31.2 Å². The molecule has 0 heterocycles. The number of Topliss-reactive ketones (excluding diaryl/α,β-unsaturated/α-hetero) is 1. The van der Waals surface area contributed by atoms with Gasteiger partial charge in [-0.2, -0.15) is 0 Å². The number of aliphatic hydroxyl groups excluding tert-OH is 1.